The minimum absolute atomic E-state index is 0.503. The molecule has 0 saturated carbocycles. The third-order valence-electron chi connectivity index (χ3n) is 3.77. The van der Waals surface area contributed by atoms with Crippen LogP contribution in [0.25, 0.3) is 0 Å². The molecule has 9 nitrogen and oxygen atoms in total. The van der Waals surface area contributed by atoms with Crippen LogP contribution < -0.4 is 0 Å². The van der Waals surface area contributed by atoms with Crippen molar-refractivity contribution in [2.75, 3.05) is 6.61 Å². The molecule has 1 aliphatic rings. The van der Waals surface area contributed by atoms with Gasteiger partial charge in [0.1, 0.15) is 6.61 Å². The highest BCUT2D eigenvalue weighted by Gasteiger charge is 2.49. The molecule has 2 N–H and O–H groups in total. The number of carbonyl (C=O) groups is 2. The number of hydrogen-bond donors (Lipinski definition) is 2. The third-order valence-corrected chi connectivity index (χ3v) is 4.25. The Morgan fingerprint density at radius 2 is 1.79 bits per heavy atom. The second-order valence-electron chi connectivity index (χ2n) is 5.68. The van der Waals surface area contributed by atoms with E-state index in [0.717, 1.165) is 13.8 Å². The van der Waals surface area contributed by atoms with Crippen molar-refractivity contribution in [1.29, 1.82) is 0 Å². The summed E-state index contributed by atoms with van der Waals surface area (Å²) in [6.45, 7) is 4.91. The zero-order valence-corrected chi connectivity index (χ0v) is 14.6. The molecule has 0 aromatic carbocycles. The van der Waals surface area contributed by atoms with E-state index in [1.165, 1.54) is 0 Å². The monoisotopic (exact) mass is 372 g/mol. The Kier molecular flexibility index (Phi) is 7.30. The summed E-state index contributed by atoms with van der Waals surface area (Å²) in [7, 11) is -4.97. The topological polar surface area (TPSA) is 129 Å². The molecule has 0 aromatic rings. The summed E-state index contributed by atoms with van der Waals surface area (Å²) in [5.74, 6) is -2.40. The van der Waals surface area contributed by atoms with Gasteiger partial charge in [-0.2, -0.15) is 0 Å². The summed E-state index contributed by atoms with van der Waals surface area (Å²) in [5, 5.41) is 0. The lowest BCUT2D eigenvalue weighted by molar-refractivity contribution is -0.263. The largest absolute Gasteiger partial charge is 0.472 e. The lowest BCUT2D eigenvalue weighted by Gasteiger charge is -2.44. The van der Waals surface area contributed by atoms with Crippen molar-refractivity contribution in [3.05, 3.63) is 0 Å². The predicted molar refractivity (Wildman–Crippen MR) is 77.2 cm³/mol. The van der Waals surface area contributed by atoms with Crippen molar-refractivity contribution >= 4 is 19.8 Å². The van der Waals surface area contributed by atoms with Crippen LogP contribution in [0.4, 0.5) is 4.39 Å². The average Bonchev–Trinajstić information content (AvgIpc) is 2.42. The van der Waals surface area contributed by atoms with Gasteiger partial charge in [0, 0.05) is 19.8 Å². The van der Waals surface area contributed by atoms with Crippen LogP contribution in [0.5, 0.6) is 0 Å². The number of ether oxygens (including phenoxy) is 3. The summed E-state index contributed by atoms with van der Waals surface area (Å²) in [5.41, 5.74) is 0. The van der Waals surface area contributed by atoms with E-state index >= 15 is 0 Å². The molecule has 0 aromatic heterocycles. The Morgan fingerprint density at radius 3 is 2.25 bits per heavy atom. The summed E-state index contributed by atoms with van der Waals surface area (Å²) in [6, 6.07) is 0. The first kappa shape index (κ1) is 21.0. The van der Waals surface area contributed by atoms with Crippen LogP contribution in [0, 0.1) is 11.8 Å². The Morgan fingerprint density at radius 1 is 1.21 bits per heavy atom. The molecule has 2 unspecified atom stereocenters. The molecule has 1 aliphatic heterocycles. The quantitative estimate of drug-likeness (QED) is 0.516. The number of carbonyl (C=O) groups excluding carboxylic acids is 2. The SMILES string of the molecule is CC(=O)OC[C@H](F)C1O[C@@H](OP(=O)(O)O)[C@H](OC(C)=O)C(C)[C@@H]1C. The van der Waals surface area contributed by atoms with Crippen LogP contribution in [0.2, 0.25) is 0 Å². The number of phosphoric acid groups is 1. The van der Waals surface area contributed by atoms with E-state index in [-0.39, 0.29) is 0 Å². The summed E-state index contributed by atoms with van der Waals surface area (Å²) < 4.78 is 44.8. The molecule has 0 radical (unpaired) electrons. The molecule has 24 heavy (non-hydrogen) atoms. The van der Waals surface area contributed by atoms with Crippen molar-refractivity contribution in [3.63, 3.8) is 0 Å². The van der Waals surface area contributed by atoms with E-state index in [1.54, 1.807) is 13.8 Å². The molecular formula is C13H22FO9P. The van der Waals surface area contributed by atoms with Crippen LogP contribution in [0.3, 0.4) is 0 Å². The molecule has 0 bridgehead atoms. The Labute approximate surface area is 138 Å². The van der Waals surface area contributed by atoms with E-state index in [1.807, 2.05) is 0 Å². The number of rotatable bonds is 6. The standard InChI is InChI=1S/C13H22FO9P/c1-6-7(2)12(21-9(4)16)13(23-24(17,18)19)22-11(6)10(14)5-20-8(3)15/h6-7,10-13H,5H2,1-4H3,(H2,17,18,19)/t6-,7?,10-,11?,12+,13-/m0/s1. The lowest BCUT2D eigenvalue weighted by Crippen LogP contribution is -2.55. The number of phosphoric ester groups is 1. The highest BCUT2D eigenvalue weighted by Crippen LogP contribution is 2.44. The van der Waals surface area contributed by atoms with E-state index < -0.39 is 62.9 Å². The molecule has 140 valence electrons. The van der Waals surface area contributed by atoms with Crippen LogP contribution in [0.15, 0.2) is 0 Å². The van der Waals surface area contributed by atoms with Crippen molar-refractivity contribution in [1.82, 2.24) is 0 Å². The van der Waals surface area contributed by atoms with Gasteiger partial charge in [0.05, 0.1) is 6.10 Å². The van der Waals surface area contributed by atoms with E-state index in [9.17, 15) is 18.5 Å². The van der Waals surface area contributed by atoms with Gasteiger partial charge in [-0.1, -0.05) is 13.8 Å². The van der Waals surface area contributed by atoms with Crippen molar-refractivity contribution in [3.8, 4) is 0 Å². The van der Waals surface area contributed by atoms with Crippen molar-refractivity contribution in [2.45, 2.75) is 52.4 Å². The molecule has 6 atom stereocenters. The van der Waals surface area contributed by atoms with Gasteiger partial charge in [0.2, 0.25) is 6.29 Å². The van der Waals surface area contributed by atoms with E-state index in [2.05, 4.69) is 9.26 Å². The fourth-order valence-electron chi connectivity index (χ4n) is 2.48. The second-order valence-corrected chi connectivity index (χ2v) is 6.87. The number of halogens is 1. The van der Waals surface area contributed by atoms with Gasteiger partial charge in [-0.3, -0.25) is 14.1 Å². The highest BCUT2D eigenvalue weighted by atomic mass is 31.2. The molecule has 1 saturated heterocycles. The molecule has 0 aliphatic carbocycles. The molecule has 1 fully saturated rings. The molecule has 1 rings (SSSR count). The Balaban J connectivity index is 2.96. The fourth-order valence-corrected chi connectivity index (χ4v) is 2.92. The van der Waals surface area contributed by atoms with E-state index in [0.29, 0.717) is 0 Å². The minimum atomic E-state index is -4.97. The Bertz CT molecular complexity index is 508. The van der Waals surface area contributed by atoms with Gasteiger partial charge in [-0.15, -0.1) is 0 Å². The smallest absolute Gasteiger partial charge is 0.463 e. The normalized spacial score (nSPS) is 32.0. The second kappa shape index (κ2) is 8.35. The molecule has 0 amide bonds. The van der Waals surface area contributed by atoms with Crippen LogP contribution in [-0.4, -0.2) is 53.0 Å². The van der Waals surface area contributed by atoms with Gasteiger partial charge in [-0.25, -0.2) is 8.96 Å². The van der Waals surface area contributed by atoms with Crippen molar-refractivity contribution < 1.29 is 47.1 Å². The summed E-state index contributed by atoms with van der Waals surface area (Å²) >= 11 is 0. The lowest BCUT2D eigenvalue weighted by atomic mass is 9.82. The van der Waals surface area contributed by atoms with E-state index in [4.69, 9.17) is 19.3 Å². The third kappa shape index (κ3) is 6.10. The highest BCUT2D eigenvalue weighted by molar-refractivity contribution is 7.46. The van der Waals surface area contributed by atoms with Crippen LogP contribution >= 0.6 is 7.82 Å². The molecule has 0 spiro atoms. The minimum Gasteiger partial charge on any atom is -0.463 e. The number of esters is 2. The molecule has 11 heteroatoms. The van der Waals surface area contributed by atoms with Crippen LogP contribution in [-0.2, 0) is 32.9 Å². The first-order valence-electron chi connectivity index (χ1n) is 7.26. The summed E-state index contributed by atoms with van der Waals surface area (Å²) in [4.78, 5) is 40.0. The van der Waals surface area contributed by atoms with Gasteiger partial charge in [-0.05, 0) is 5.92 Å². The zero-order chi connectivity index (χ0) is 18.7. The number of alkyl halides is 1. The fraction of sp³-hybridized carbons (Fsp3) is 0.846. The maximum atomic E-state index is 14.3. The van der Waals surface area contributed by atoms with Crippen molar-refractivity contribution in [2.24, 2.45) is 11.8 Å². The summed E-state index contributed by atoms with van der Waals surface area (Å²) in [6.07, 6.45) is -5.68. The van der Waals surface area contributed by atoms with Gasteiger partial charge in [0.15, 0.2) is 12.3 Å². The first-order chi connectivity index (χ1) is 10.9. The number of hydrogen-bond acceptors (Lipinski definition) is 7. The molecule has 1 heterocycles. The van der Waals surface area contributed by atoms with Crippen LogP contribution in [0.1, 0.15) is 27.7 Å². The predicted octanol–water partition coefficient (Wildman–Crippen LogP) is 0.926. The maximum absolute atomic E-state index is 14.3. The first-order valence-corrected chi connectivity index (χ1v) is 8.79. The Hall–Kier alpha value is -1.06. The average molecular weight is 372 g/mol. The van der Waals surface area contributed by atoms with Gasteiger partial charge in [0.25, 0.3) is 0 Å². The van der Waals surface area contributed by atoms with Gasteiger partial charge < -0.3 is 24.0 Å². The molecular weight excluding hydrogens is 350 g/mol. The van der Waals surface area contributed by atoms with Gasteiger partial charge >= 0.3 is 19.8 Å². The maximum Gasteiger partial charge on any atom is 0.472 e. The zero-order valence-electron chi connectivity index (χ0n) is 13.7.